The van der Waals surface area contributed by atoms with E-state index < -0.39 is 11.9 Å². The molecule has 0 saturated carbocycles. The minimum Gasteiger partial charge on any atom is -0.494 e. The average Bonchev–Trinajstić information content (AvgIpc) is 2.93. The number of para-hydroxylation sites is 1. The number of unbranched alkanes of at least 4 members (excludes halogenated alkanes) is 1. The molecule has 0 aliphatic carbocycles. The van der Waals surface area contributed by atoms with E-state index in [0.717, 1.165) is 19.3 Å². The maximum Gasteiger partial charge on any atom is 0.258 e. The molecular weight excluding hydrogens is 489 g/mol. The maximum atomic E-state index is 14.0. The molecule has 0 saturated heterocycles. The molecule has 1 aliphatic rings. The lowest BCUT2D eigenvalue weighted by atomic mass is 10.0. The molecule has 1 aliphatic heterocycles. The van der Waals surface area contributed by atoms with Crippen LogP contribution in [0.2, 0.25) is 0 Å². The Morgan fingerprint density at radius 2 is 1.87 bits per heavy atom. The average molecular weight is 528 g/mol. The maximum absolute atomic E-state index is 14.0. The highest BCUT2D eigenvalue weighted by atomic mass is 19.1. The van der Waals surface area contributed by atoms with Gasteiger partial charge in [0.15, 0.2) is 11.6 Å². The molecule has 3 amide bonds. The normalized spacial score (nSPS) is 17.0. The highest BCUT2D eigenvalue weighted by molar-refractivity contribution is 5.99. The molecular formula is C29H38FN3O5. The Morgan fingerprint density at radius 3 is 2.61 bits per heavy atom. The SMILES string of the molecule is COc1ccc(C(=O)N(C)CCCC[C@H]2C(=O)N(C)CCCCCOc3ccccc3C(=O)N2C)cc1F. The van der Waals surface area contributed by atoms with Gasteiger partial charge in [-0.15, -0.1) is 0 Å². The van der Waals surface area contributed by atoms with Crippen LogP contribution in [0.4, 0.5) is 4.39 Å². The van der Waals surface area contributed by atoms with Crippen molar-refractivity contribution in [3.8, 4) is 11.5 Å². The number of hydrogen-bond acceptors (Lipinski definition) is 5. The molecule has 2 aromatic carbocycles. The third-order valence-electron chi connectivity index (χ3n) is 6.93. The number of benzene rings is 2. The van der Waals surface area contributed by atoms with E-state index in [4.69, 9.17) is 9.47 Å². The van der Waals surface area contributed by atoms with Crippen molar-refractivity contribution >= 4 is 17.7 Å². The third kappa shape index (κ3) is 7.24. The lowest BCUT2D eigenvalue weighted by Gasteiger charge is -2.31. The van der Waals surface area contributed by atoms with Crippen LogP contribution in [0.3, 0.4) is 0 Å². The van der Waals surface area contributed by atoms with E-state index in [0.29, 0.717) is 50.3 Å². The molecule has 38 heavy (non-hydrogen) atoms. The first kappa shape index (κ1) is 28.9. The first-order valence-electron chi connectivity index (χ1n) is 13.1. The van der Waals surface area contributed by atoms with Crippen molar-refractivity contribution in [2.45, 2.75) is 44.6 Å². The zero-order chi connectivity index (χ0) is 27.7. The summed E-state index contributed by atoms with van der Waals surface area (Å²) in [5.74, 6) is -0.643. The summed E-state index contributed by atoms with van der Waals surface area (Å²) in [4.78, 5) is 44.3. The highest BCUT2D eigenvalue weighted by Crippen LogP contribution is 2.23. The third-order valence-corrected chi connectivity index (χ3v) is 6.93. The van der Waals surface area contributed by atoms with Crippen LogP contribution in [-0.4, -0.2) is 86.4 Å². The topological polar surface area (TPSA) is 79.4 Å². The zero-order valence-electron chi connectivity index (χ0n) is 22.7. The first-order valence-corrected chi connectivity index (χ1v) is 13.1. The molecule has 8 nitrogen and oxygen atoms in total. The van der Waals surface area contributed by atoms with Crippen LogP contribution < -0.4 is 9.47 Å². The first-order chi connectivity index (χ1) is 18.2. The van der Waals surface area contributed by atoms with Gasteiger partial charge in [0.1, 0.15) is 11.8 Å². The molecule has 0 aromatic heterocycles. The predicted molar refractivity (Wildman–Crippen MR) is 143 cm³/mol. The second-order valence-electron chi connectivity index (χ2n) is 9.67. The van der Waals surface area contributed by atoms with Gasteiger partial charge in [-0.05, 0) is 68.9 Å². The molecule has 2 aromatic rings. The summed E-state index contributed by atoms with van der Waals surface area (Å²) in [7, 11) is 6.46. The highest BCUT2D eigenvalue weighted by Gasteiger charge is 2.31. The molecule has 0 spiro atoms. The lowest BCUT2D eigenvalue weighted by molar-refractivity contribution is -0.134. The largest absolute Gasteiger partial charge is 0.494 e. The van der Waals surface area contributed by atoms with Gasteiger partial charge in [-0.3, -0.25) is 14.4 Å². The van der Waals surface area contributed by atoms with Crippen LogP contribution in [0.1, 0.15) is 59.2 Å². The fraction of sp³-hybridized carbons (Fsp3) is 0.483. The Kier molecular flexibility index (Phi) is 10.5. The summed E-state index contributed by atoms with van der Waals surface area (Å²) in [5.41, 5.74) is 0.677. The molecule has 3 rings (SSSR count). The van der Waals surface area contributed by atoms with Gasteiger partial charge >= 0.3 is 0 Å². The van der Waals surface area contributed by atoms with Gasteiger partial charge in [0.05, 0.1) is 19.3 Å². The molecule has 0 radical (unpaired) electrons. The smallest absolute Gasteiger partial charge is 0.258 e. The molecule has 9 heteroatoms. The summed E-state index contributed by atoms with van der Waals surface area (Å²) < 4.78 is 24.8. The van der Waals surface area contributed by atoms with Crippen molar-refractivity contribution in [2.24, 2.45) is 0 Å². The lowest BCUT2D eigenvalue weighted by Crippen LogP contribution is -2.48. The van der Waals surface area contributed by atoms with Crippen LogP contribution in [-0.2, 0) is 4.79 Å². The van der Waals surface area contributed by atoms with Crippen molar-refractivity contribution in [3.63, 3.8) is 0 Å². The Bertz CT molecular complexity index is 1130. The van der Waals surface area contributed by atoms with Crippen molar-refractivity contribution in [1.29, 1.82) is 0 Å². The van der Waals surface area contributed by atoms with Crippen LogP contribution in [0.25, 0.3) is 0 Å². The summed E-state index contributed by atoms with van der Waals surface area (Å²) in [6, 6.07) is 10.6. The zero-order valence-corrected chi connectivity index (χ0v) is 22.7. The van der Waals surface area contributed by atoms with Gasteiger partial charge in [0.2, 0.25) is 5.91 Å². The van der Waals surface area contributed by atoms with E-state index in [2.05, 4.69) is 0 Å². The van der Waals surface area contributed by atoms with E-state index in [1.807, 2.05) is 6.07 Å². The number of carbonyl (C=O) groups excluding carboxylic acids is 3. The summed E-state index contributed by atoms with van der Waals surface area (Å²) in [5, 5.41) is 0. The minimum absolute atomic E-state index is 0.0827. The number of methoxy groups -OCH3 is 1. The summed E-state index contributed by atoms with van der Waals surface area (Å²) in [6.07, 6.45) is 4.32. The van der Waals surface area contributed by atoms with Crippen molar-refractivity contribution in [2.75, 3.05) is 47.9 Å². The van der Waals surface area contributed by atoms with Crippen LogP contribution in [0, 0.1) is 5.82 Å². The molecule has 0 fully saturated rings. The molecule has 0 N–H and O–H groups in total. The van der Waals surface area contributed by atoms with E-state index in [9.17, 15) is 18.8 Å². The Morgan fingerprint density at radius 1 is 1.11 bits per heavy atom. The van der Waals surface area contributed by atoms with Gasteiger partial charge in [-0.1, -0.05) is 12.1 Å². The summed E-state index contributed by atoms with van der Waals surface area (Å²) >= 11 is 0. The molecule has 0 unspecified atom stereocenters. The van der Waals surface area contributed by atoms with Gasteiger partial charge < -0.3 is 24.2 Å². The second-order valence-corrected chi connectivity index (χ2v) is 9.67. The predicted octanol–water partition coefficient (Wildman–Crippen LogP) is 4.24. The van der Waals surface area contributed by atoms with Gasteiger partial charge in [0.25, 0.3) is 11.8 Å². The number of nitrogens with zero attached hydrogens (tertiary/aromatic N) is 3. The van der Waals surface area contributed by atoms with Crippen LogP contribution in [0.15, 0.2) is 42.5 Å². The van der Waals surface area contributed by atoms with Gasteiger partial charge in [0, 0.05) is 39.8 Å². The molecule has 1 heterocycles. The fourth-order valence-electron chi connectivity index (χ4n) is 4.57. The van der Waals surface area contributed by atoms with Crippen molar-refractivity contribution < 1.29 is 28.2 Å². The summed E-state index contributed by atoms with van der Waals surface area (Å²) in [6.45, 7) is 1.56. The number of amides is 3. The number of halogens is 1. The van der Waals surface area contributed by atoms with Crippen molar-refractivity contribution in [1.82, 2.24) is 14.7 Å². The van der Waals surface area contributed by atoms with Gasteiger partial charge in [-0.25, -0.2) is 4.39 Å². The van der Waals surface area contributed by atoms with E-state index >= 15 is 0 Å². The standard InChI is InChI=1S/C29H38FN3O5/c1-31(27(34)21-15-16-26(37-4)23(30)20-21)18-10-8-13-24-29(36)32(2)17-9-5-11-19-38-25-14-7-6-12-22(25)28(35)33(24)3/h6-7,12,14-16,20,24H,5,8-11,13,17-19H2,1-4H3/t24-/m0/s1. The molecule has 206 valence electrons. The Labute approximate surface area is 224 Å². The van der Waals surface area contributed by atoms with Crippen molar-refractivity contribution in [3.05, 3.63) is 59.4 Å². The van der Waals surface area contributed by atoms with Crippen LogP contribution >= 0.6 is 0 Å². The number of hydrogen-bond donors (Lipinski definition) is 0. The van der Waals surface area contributed by atoms with E-state index in [-0.39, 0.29) is 29.0 Å². The number of fused-ring (bicyclic) bond motifs is 1. The Hall–Kier alpha value is -3.62. The Balaban J connectivity index is 1.67. The second kappa shape index (κ2) is 13.8. The van der Waals surface area contributed by atoms with Crippen LogP contribution in [0.5, 0.6) is 11.5 Å². The van der Waals surface area contributed by atoms with Gasteiger partial charge in [-0.2, -0.15) is 0 Å². The number of ether oxygens (including phenoxy) is 2. The molecule has 0 bridgehead atoms. The number of rotatable bonds is 7. The van der Waals surface area contributed by atoms with E-state index in [1.54, 1.807) is 44.2 Å². The number of carbonyl (C=O) groups is 3. The quantitative estimate of drug-likeness (QED) is 0.504. The molecule has 1 atom stereocenters. The minimum atomic E-state index is -0.641. The van der Waals surface area contributed by atoms with E-state index in [1.165, 1.54) is 35.1 Å². The fourth-order valence-corrected chi connectivity index (χ4v) is 4.57. The monoisotopic (exact) mass is 527 g/mol. The number of likely N-dealkylation sites (N-methyl/N-ethyl adjacent to an activating group) is 2.